The first kappa shape index (κ1) is 11.0. The van der Waals surface area contributed by atoms with E-state index < -0.39 is 18.6 Å². The van der Waals surface area contributed by atoms with Crippen molar-refractivity contribution in [3.63, 3.8) is 0 Å². The molecular weight excluding hydrogens is 197 g/mol. The number of nitrogens with zero attached hydrogens (tertiary/aromatic N) is 2. The number of nitrogens with one attached hydrogen (secondary N) is 1. The molecule has 0 amide bonds. The number of halogens is 3. The van der Waals surface area contributed by atoms with Crippen LogP contribution in [0.1, 0.15) is 31.1 Å². The van der Waals surface area contributed by atoms with Gasteiger partial charge in [-0.05, 0) is 12.8 Å². The Kier molecular flexibility index (Phi) is 3.45. The van der Waals surface area contributed by atoms with Gasteiger partial charge in [0.2, 0.25) is 0 Å². The van der Waals surface area contributed by atoms with Crippen molar-refractivity contribution in [2.75, 3.05) is 0 Å². The fraction of sp³-hybridized carbons (Fsp3) is 0.714. The summed E-state index contributed by atoms with van der Waals surface area (Å²) in [5, 5.41) is 6.08. The standard InChI is InChI=1S/C7H11F3N4/c8-7(9,10)3-1-2-5(11)6-12-4-13-14-6/h4-5H,1-3,11H2,(H,12,13,14). The van der Waals surface area contributed by atoms with Crippen LogP contribution in [-0.2, 0) is 0 Å². The Morgan fingerprint density at radius 3 is 2.71 bits per heavy atom. The summed E-state index contributed by atoms with van der Waals surface area (Å²) in [6.45, 7) is 0. The smallest absolute Gasteiger partial charge is 0.321 e. The molecule has 0 spiro atoms. The van der Waals surface area contributed by atoms with Crippen LogP contribution in [0.5, 0.6) is 0 Å². The molecule has 1 aromatic rings. The van der Waals surface area contributed by atoms with Crippen LogP contribution >= 0.6 is 0 Å². The molecule has 0 saturated carbocycles. The third-order valence-corrected chi connectivity index (χ3v) is 1.76. The molecule has 0 bridgehead atoms. The molecule has 0 aliphatic rings. The minimum Gasteiger partial charge on any atom is -0.321 e. The quantitative estimate of drug-likeness (QED) is 0.788. The summed E-state index contributed by atoms with van der Waals surface area (Å²) in [6, 6.07) is -0.500. The summed E-state index contributed by atoms with van der Waals surface area (Å²) in [5.41, 5.74) is 5.57. The van der Waals surface area contributed by atoms with Gasteiger partial charge in [-0.2, -0.15) is 18.3 Å². The number of aromatic amines is 1. The zero-order chi connectivity index (χ0) is 10.6. The summed E-state index contributed by atoms with van der Waals surface area (Å²) in [6.07, 6.45) is -3.39. The average Bonchev–Trinajstić information content (AvgIpc) is 2.53. The highest BCUT2D eigenvalue weighted by Crippen LogP contribution is 2.24. The first-order chi connectivity index (χ1) is 6.49. The van der Waals surface area contributed by atoms with Crippen molar-refractivity contribution in [2.24, 2.45) is 5.73 Å². The maximum Gasteiger partial charge on any atom is 0.389 e. The van der Waals surface area contributed by atoms with Gasteiger partial charge in [-0.25, -0.2) is 4.98 Å². The lowest BCUT2D eigenvalue weighted by atomic mass is 10.1. The van der Waals surface area contributed by atoms with Crippen LogP contribution in [0, 0.1) is 0 Å². The van der Waals surface area contributed by atoms with Crippen molar-refractivity contribution in [1.82, 2.24) is 15.2 Å². The summed E-state index contributed by atoms with van der Waals surface area (Å²) < 4.78 is 35.3. The predicted octanol–water partition coefficient (Wildman–Crippen LogP) is 1.54. The van der Waals surface area contributed by atoms with Crippen molar-refractivity contribution in [2.45, 2.75) is 31.5 Å². The first-order valence-electron chi connectivity index (χ1n) is 4.16. The Morgan fingerprint density at radius 2 is 2.21 bits per heavy atom. The SMILES string of the molecule is NC(CCCC(F)(F)F)c1ncn[nH]1. The fourth-order valence-corrected chi connectivity index (χ4v) is 1.05. The second kappa shape index (κ2) is 4.41. The van der Waals surface area contributed by atoms with Crippen molar-refractivity contribution in [3.05, 3.63) is 12.2 Å². The molecule has 4 nitrogen and oxygen atoms in total. The third-order valence-electron chi connectivity index (χ3n) is 1.76. The number of H-pyrrole nitrogens is 1. The molecule has 0 radical (unpaired) electrons. The topological polar surface area (TPSA) is 67.6 Å². The highest BCUT2D eigenvalue weighted by molar-refractivity contribution is 4.88. The predicted molar refractivity (Wildman–Crippen MR) is 43.2 cm³/mol. The largest absolute Gasteiger partial charge is 0.389 e. The zero-order valence-corrected chi connectivity index (χ0v) is 7.38. The monoisotopic (exact) mass is 208 g/mol. The number of alkyl halides is 3. The molecule has 1 atom stereocenters. The zero-order valence-electron chi connectivity index (χ0n) is 7.38. The van der Waals surface area contributed by atoms with Crippen LogP contribution in [0.4, 0.5) is 13.2 Å². The van der Waals surface area contributed by atoms with E-state index in [1.807, 2.05) is 0 Å². The van der Waals surface area contributed by atoms with E-state index in [0.29, 0.717) is 5.82 Å². The van der Waals surface area contributed by atoms with E-state index in [4.69, 9.17) is 5.73 Å². The lowest BCUT2D eigenvalue weighted by Crippen LogP contribution is -2.14. The van der Waals surface area contributed by atoms with E-state index in [0.717, 1.165) is 0 Å². The summed E-state index contributed by atoms with van der Waals surface area (Å²) in [7, 11) is 0. The highest BCUT2D eigenvalue weighted by Gasteiger charge is 2.26. The number of hydrogen-bond acceptors (Lipinski definition) is 3. The Balaban J connectivity index is 2.26. The van der Waals surface area contributed by atoms with Gasteiger partial charge in [0, 0.05) is 6.42 Å². The van der Waals surface area contributed by atoms with E-state index >= 15 is 0 Å². The normalized spacial score (nSPS) is 14.3. The molecule has 80 valence electrons. The van der Waals surface area contributed by atoms with Crippen LogP contribution < -0.4 is 5.73 Å². The van der Waals surface area contributed by atoms with Gasteiger partial charge in [-0.3, -0.25) is 5.10 Å². The van der Waals surface area contributed by atoms with Crippen molar-refractivity contribution >= 4 is 0 Å². The summed E-state index contributed by atoms with van der Waals surface area (Å²) in [5.74, 6) is 0.423. The molecule has 0 saturated heterocycles. The molecule has 1 heterocycles. The van der Waals surface area contributed by atoms with Crippen LogP contribution in [0.3, 0.4) is 0 Å². The highest BCUT2D eigenvalue weighted by atomic mass is 19.4. The van der Waals surface area contributed by atoms with Crippen molar-refractivity contribution in [3.8, 4) is 0 Å². The lowest BCUT2D eigenvalue weighted by Gasteiger charge is -2.09. The van der Waals surface area contributed by atoms with Gasteiger partial charge in [0.05, 0.1) is 6.04 Å². The van der Waals surface area contributed by atoms with Gasteiger partial charge in [0.1, 0.15) is 12.2 Å². The third kappa shape index (κ3) is 3.73. The molecular formula is C7H11F3N4. The molecule has 1 unspecified atom stereocenters. The van der Waals surface area contributed by atoms with E-state index in [2.05, 4.69) is 15.2 Å². The fourth-order valence-electron chi connectivity index (χ4n) is 1.05. The van der Waals surface area contributed by atoms with Crippen molar-refractivity contribution < 1.29 is 13.2 Å². The average molecular weight is 208 g/mol. The van der Waals surface area contributed by atoms with Crippen LogP contribution in [0.15, 0.2) is 6.33 Å². The molecule has 0 aliphatic carbocycles. The van der Waals surface area contributed by atoms with Gasteiger partial charge >= 0.3 is 6.18 Å². The molecule has 1 rings (SSSR count). The Hall–Kier alpha value is -1.11. The number of rotatable bonds is 4. The number of aromatic nitrogens is 3. The second-order valence-corrected chi connectivity index (χ2v) is 2.98. The lowest BCUT2D eigenvalue weighted by molar-refractivity contribution is -0.135. The van der Waals surface area contributed by atoms with Crippen LogP contribution in [-0.4, -0.2) is 21.4 Å². The molecule has 3 N–H and O–H groups in total. The summed E-state index contributed by atoms with van der Waals surface area (Å²) in [4.78, 5) is 3.76. The Bertz CT molecular complexity index is 256. The van der Waals surface area contributed by atoms with E-state index in [1.165, 1.54) is 6.33 Å². The van der Waals surface area contributed by atoms with E-state index in [-0.39, 0.29) is 12.8 Å². The Labute approximate surface area is 78.7 Å². The van der Waals surface area contributed by atoms with E-state index in [9.17, 15) is 13.2 Å². The summed E-state index contributed by atoms with van der Waals surface area (Å²) >= 11 is 0. The van der Waals surface area contributed by atoms with Crippen LogP contribution in [0.25, 0.3) is 0 Å². The molecule has 7 heteroatoms. The molecule has 0 fully saturated rings. The van der Waals surface area contributed by atoms with Crippen molar-refractivity contribution in [1.29, 1.82) is 0 Å². The maximum atomic E-state index is 11.8. The molecule has 0 aliphatic heterocycles. The second-order valence-electron chi connectivity index (χ2n) is 2.98. The molecule has 0 aromatic carbocycles. The van der Waals surface area contributed by atoms with Gasteiger partial charge in [-0.1, -0.05) is 0 Å². The Morgan fingerprint density at radius 1 is 1.50 bits per heavy atom. The molecule has 1 aromatic heterocycles. The van der Waals surface area contributed by atoms with E-state index in [1.54, 1.807) is 0 Å². The van der Waals surface area contributed by atoms with Gasteiger partial charge in [-0.15, -0.1) is 0 Å². The van der Waals surface area contributed by atoms with Gasteiger partial charge in [0.15, 0.2) is 0 Å². The van der Waals surface area contributed by atoms with Gasteiger partial charge in [0.25, 0.3) is 0 Å². The van der Waals surface area contributed by atoms with Crippen LogP contribution in [0.2, 0.25) is 0 Å². The van der Waals surface area contributed by atoms with Gasteiger partial charge < -0.3 is 5.73 Å². The number of hydrogen-bond donors (Lipinski definition) is 2. The minimum absolute atomic E-state index is 0.00532. The first-order valence-corrected chi connectivity index (χ1v) is 4.16. The minimum atomic E-state index is -4.11. The molecule has 14 heavy (non-hydrogen) atoms. The number of nitrogens with two attached hydrogens (primary N) is 1. The maximum absolute atomic E-state index is 11.8.